The van der Waals surface area contributed by atoms with E-state index in [1.165, 1.54) is 0 Å². The van der Waals surface area contributed by atoms with Crippen LogP contribution in [-0.4, -0.2) is 24.6 Å². The summed E-state index contributed by atoms with van der Waals surface area (Å²) >= 11 is 0. The minimum absolute atomic E-state index is 0.135. The first-order valence-electron chi connectivity index (χ1n) is 7.02. The number of carbonyl (C=O) groups is 2. The molecule has 0 spiro atoms. The van der Waals surface area contributed by atoms with Gasteiger partial charge in [-0.25, -0.2) is 4.79 Å². The number of rotatable bonds is 7. The van der Waals surface area contributed by atoms with Gasteiger partial charge in [-0.05, 0) is 12.8 Å². The molecule has 0 aliphatic heterocycles. The molecule has 0 saturated carbocycles. The summed E-state index contributed by atoms with van der Waals surface area (Å²) in [7, 11) is 0. The van der Waals surface area contributed by atoms with Gasteiger partial charge in [0.2, 0.25) is 0 Å². The van der Waals surface area contributed by atoms with Crippen molar-refractivity contribution in [2.24, 2.45) is 17.3 Å². The molecule has 0 aromatic rings. The third kappa shape index (κ3) is 5.76. The van der Waals surface area contributed by atoms with Crippen LogP contribution in [0.4, 0.5) is 0 Å². The Labute approximate surface area is 122 Å². The lowest BCUT2D eigenvalue weighted by atomic mass is 9.81. The molecule has 0 aliphatic carbocycles. The van der Waals surface area contributed by atoms with Crippen LogP contribution in [0.3, 0.4) is 0 Å². The van der Waals surface area contributed by atoms with Gasteiger partial charge >= 0.3 is 11.9 Å². The zero-order valence-corrected chi connectivity index (χ0v) is 13.8. The van der Waals surface area contributed by atoms with Gasteiger partial charge in [0.15, 0.2) is 0 Å². The first kappa shape index (κ1) is 18.7. The Bertz CT molecular complexity index is 367. The highest BCUT2D eigenvalue weighted by atomic mass is 16.6. The van der Waals surface area contributed by atoms with Crippen molar-refractivity contribution in [2.45, 2.75) is 54.6 Å². The van der Waals surface area contributed by atoms with E-state index in [1.54, 1.807) is 20.8 Å². The highest BCUT2D eigenvalue weighted by molar-refractivity contribution is 5.86. The average molecular weight is 284 g/mol. The molecule has 0 rings (SSSR count). The van der Waals surface area contributed by atoms with Crippen LogP contribution in [-0.2, 0) is 19.1 Å². The molecule has 0 heterocycles. The van der Waals surface area contributed by atoms with Crippen LogP contribution in [0.15, 0.2) is 12.2 Å². The van der Waals surface area contributed by atoms with E-state index in [0.29, 0.717) is 5.57 Å². The smallest absolute Gasteiger partial charge is 0.333 e. The molecule has 0 saturated heterocycles. The molecule has 0 aromatic carbocycles. The molecule has 1 atom stereocenters. The number of carbonyl (C=O) groups excluding carboxylic acids is 2. The van der Waals surface area contributed by atoms with E-state index in [-0.39, 0.29) is 30.5 Å². The molecule has 0 N–H and O–H groups in total. The lowest BCUT2D eigenvalue weighted by Gasteiger charge is -2.36. The summed E-state index contributed by atoms with van der Waals surface area (Å²) < 4.78 is 10.8. The second-order valence-corrected chi connectivity index (χ2v) is 6.60. The van der Waals surface area contributed by atoms with Crippen molar-refractivity contribution in [3.63, 3.8) is 0 Å². The van der Waals surface area contributed by atoms with Gasteiger partial charge < -0.3 is 9.47 Å². The Morgan fingerprint density at radius 1 is 1.15 bits per heavy atom. The minimum atomic E-state index is -0.455. The maximum absolute atomic E-state index is 11.8. The first-order valence-corrected chi connectivity index (χ1v) is 7.02. The van der Waals surface area contributed by atoms with Gasteiger partial charge in [0.05, 0.1) is 5.92 Å². The predicted molar refractivity (Wildman–Crippen MR) is 79.1 cm³/mol. The van der Waals surface area contributed by atoms with E-state index in [2.05, 4.69) is 6.58 Å². The normalized spacial score (nSPS) is 13.2. The monoisotopic (exact) mass is 284 g/mol. The van der Waals surface area contributed by atoms with Crippen molar-refractivity contribution in [1.82, 2.24) is 0 Å². The summed E-state index contributed by atoms with van der Waals surface area (Å²) in [5, 5.41) is 0. The van der Waals surface area contributed by atoms with Crippen LogP contribution in [0.2, 0.25) is 0 Å². The highest BCUT2D eigenvalue weighted by Gasteiger charge is 2.37. The number of hydrogen-bond donors (Lipinski definition) is 0. The Kier molecular flexibility index (Phi) is 6.97. The Morgan fingerprint density at radius 3 is 2.00 bits per heavy atom. The quantitative estimate of drug-likeness (QED) is 0.531. The third-order valence-electron chi connectivity index (χ3n) is 3.01. The fourth-order valence-corrected chi connectivity index (χ4v) is 1.92. The van der Waals surface area contributed by atoms with Crippen molar-refractivity contribution in [3.8, 4) is 0 Å². The SMILES string of the molecule is C=C(C)C(=O)OCC(C)(C)C(OC(=O)C(C)C)C(C)C. The van der Waals surface area contributed by atoms with Crippen LogP contribution < -0.4 is 0 Å². The van der Waals surface area contributed by atoms with Crippen LogP contribution >= 0.6 is 0 Å². The van der Waals surface area contributed by atoms with Crippen molar-refractivity contribution in [3.05, 3.63) is 12.2 Å². The van der Waals surface area contributed by atoms with E-state index < -0.39 is 11.4 Å². The fourth-order valence-electron chi connectivity index (χ4n) is 1.92. The zero-order chi connectivity index (χ0) is 16.1. The van der Waals surface area contributed by atoms with E-state index in [9.17, 15) is 9.59 Å². The molecule has 0 fully saturated rings. The largest absolute Gasteiger partial charge is 0.462 e. The summed E-state index contributed by atoms with van der Waals surface area (Å²) in [6.07, 6.45) is -0.310. The van der Waals surface area contributed by atoms with Crippen LogP contribution in [0.25, 0.3) is 0 Å². The van der Waals surface area contributed by atoms with Crippen LogP contribution in [0, 0.1) is 17.3 Å². The second-order valence-electron chi connectivity index (χ2n) is 6.60. The van der Waals surface area contributed by atoms with E-state index >= 15 is 0 Å². The zero-order valence-electron chi connectivity index (χ0n) is 13.8. The lowest BCUT2D eigenvalue weighted by molar-refractivity contribution is -0.167. The predicted octanol–water partition coefficient (Wildman–Crippen LogP) is 3.36. The molecule has 0 bridgehead atoms. The van der Waals surface area contributed by atoms with Gasteiger partial charge in [0.25, 0.3) is 0 Å². The Balaban J connectivity index is 4.84. The van der Waals surface area contributed by atoms with Crippen molar-refractivity contribution in [1.29, 1.82) is 0 Å². The second kappa shape index (κ2) is 7.46. The molecule has 0 radical (unpaired) electrons. The average Bonchev–Trinajstić information content (AvgIpc) is 2.31. The van der Waals surface area contributed by atoms with Crippen molar-refractivity contribution >= 4 is 11.9 Å². The number of hydrogen-bond acceptors (Lipinski definition) is 4. The third-order valence-corrected chi connectivity index (χ3v) is 3.01. The molecule has 4 nitrogen and oxygen atoms in total. The van der Waals surface area contributed by atoms with Crippen molar-refractivity contribution in [2.75, 3.05) is 6.61 Å². The van der Waals surface area contributed by atoms with Gasteiger partial charge in [0.1, 0.15) is 12.7 Å². The van der Waals surface area contributed by atoms with Crippen molar-refractivity contribution < 1.29 is 19.1 Å². The molecule has 0 aliphatic rings. The topological polar surface area (TPSA) is 52.6 Å². The Hall–Kier alpha value is -1.32. The molecular formula is C16H28O4. The summed E-state index contributed by atoms with van der Waals surface area (Å²) in [4.78, 5) is 23.3. The van der Waals surface area contributed by atoms with E-state index in [1.807, 2.05) is 27.7 Å². The maximum atomic E-state index is 11.8. The molecule has 0 aromatic heterocycles. The molecular weight excluding hydrogens is 256 g/mol. The van der Waals surface area contributed by atoms with E-state index in [4.69, 9.17) is 9.47 Å². The summed E-state index contributed by atoms with van der Waals surface area (Å²) in [6.45, 7) is 16.8. The molecule has 4 heteroatoms. The highest BCUT2D eigenvalue weighted by Crippen LogP contribution is 2.30. The van der Waals surface area contributed by atoms with Gasteiger partial charge in [-0.2, -0.15) is 0 Å². The first-order chi connectivity index (χ1) is 8.99. The fraction of sp³-hybridized carbons (Fsp3) is 0.750. The maximum Gasteiger partial charge on any atom is 0.333 e. The minimum Gasteiger partial charge on any atom is -0.462 e. The summed E-state index contributed by atoms with van der Waals surface area (Å²) in [5.41, 5.74) is -0.0924. The Morgan fingerprint density at radius 2 is 1.65 bits per heavy atom. The summed E-state index contributed by atoms with van der Waals surface area (Å²) in [5.74, 6) is -0.694. The molecule has 20 heavy (non-hydrogen) atoms. The molecule has 1 unspecified atom stereocenters. The number of esters is 2. The standard InChI is InChI=1S/C16H28O4/c1-10(2)13(20-15(18)12(5)6)16(7,8)9-19-14(17)11(3)4/h10,12-13H,3,9H2,1-2,4-8H3. The van der Waals surface area contributed by atoms with Gasteiger partial charge in [-0.3, -0.25) is 4.79 Å². The van der Waals surface area contributed by atoms with Crippen LogP contribution in [0.1, 0.15) is 48.5 Å². The number of ether oxygens (including phenoxy) is 2. The van der Waals surface area contributed by atoms with Gasteiger partial charge in [-0.1, -0.05) is 48.1 Å². The van der Waals surface area contributed by atoms with Gasteiger partial charge in [0, 0.05) is 11.0 Å². The molecule has 0 amide bonds. The van der Waals surface area contributed by atoms with Gasteiger partial charge in [-0.15, -0.1) is 0 Å². The van der Waals surface area contributed by atoms with E-state index in [0.717, 1.165) is 0 Å². The summed E-state index contributed by atoms with van der Waals surface area (Å²) in [6, 6.07) is 0. The van der Waals surface area contributed by atoms with Crippen LogP contribution in [0.5, 0.6) is 0 Å². The lowest BCUT2D eigenvalue weighted by Crippen LogP contribution is -2.42. The molecule has 116 valence electrons.